The fourth-order valence-corrected chi connectivity index (χ4v) is 4.42. The number of rotatable bonds is 7. The highest BCUT2D eigenvalue weighted by molar-refractivity contribution is 5.79. The van der Waals surface area contributed by atoms with Gasteiger partial charge in [-0.05, 0) is 56.4 Å². The van der Waals surface area contributed by atoms with E-state index >= 15 is 0 Å². The number of aliphatic imine (C=N–C) groups is 1. The minimum atomic E-state index is 0.461. The van der Waals surface area contributed by atoms with Crippen LogP contribution >= 0.6 is 0 Å². The van der Waals surface area contributed by atoms with Crippen LogP contribution in [0.25, 0.3) is 0 Å². The Labute approximate surface area is 153 Å². The zero-order chi connectivity index (χ0) is 18.4. The molecule has 2 N–H and O–H groups in total. The van der Waals surface area contributed by atoms with Crippen molar-refractivity contribution >= 4 is 5.96 Å². The van der Waals surface area contributed by atoms with Gasteiger partial charge in [0.2, 0.25) is 0 Å². The quantitative estimate of drug-likeness (QED) is 0.587. The van der Waals surface area contributed by atoms with Crippen LogP contribution in [0.4, 0.5) is 0 Å². The monoisotopic (exact) mass is 347 g/mol. The molecule has 1 heterocycles. The summed E-state index contributed by atoms with van der Waals surface area (Å²) in [6.07, 6.45) is 7.74. The molecular weight excluding hydrogens is 310 g/mol. The first kappa shape index (κ1) is 19.8. The average Bonchev–Trinajstić information content (AvgIpc) is 3.10. The van der Waals surface area contributed by atoms with E-state index < -0.39 is 0 Å². The second kappa shape index (κ2) is 8.72. The lowest BCUT2D eigenvalue weighted by molar-refractivity contribution is 0.235. The molecule has 5 nitrogen and oxygen atoms in total. The molecule has 1 aliphatic rings. The predicted molar refractivity (Wildman–Crippen MR) is 106 cm³/mol. The van der Waals surface area contributed by atoms with Crippen molar-refractivity contribution in [2.75, 3.05) is 20.1 Å². The Morgan fingerprint density at radius 1 is 1.24 bits per heavy atom. The number of hydrogen-bond acceptors (Lipinski definition) is 2. The van der Waals surface area contributed by atoms with Crippen LogP contribution in [0.5, 0.6) is 0 Å². The highest BCUT2D eigenvalue weighted by Crippen LogP contribution is 2.42. The van der Waals surface area contributed by atoms with Crippen molar-refractivity contribution in [3.05, 3.63) is 17.0 Å². The van der Waals surface area contributed by atoms with Crippen LogP contribution in [0.3, 0.4) is 0 Å². The van der Waals surface area contributed by atoms with Crippen LogP contribution in [0, 0.1) is 25.2 Å². The number of aryl methyl sites for hydroxylation is 2. The maximum absolute atomic E-state index is 4.50. The lowest BCUT2D eigenvalue weighted by Crippen LogP contribution is -2.44. The molecule has 25 heavy (non-hydrogen) atoms. The summed E-state index contributed by atoms with van der Waals surface area (Å²) in [5.41, 5.74) is 4.19. The molecule has 5 heteroatoms. The molecule has 0 saturated heterocycles. The van der Waals surface area contributed by atoms with E-state index in [1.807, 2.05) is 18.8 Å². The Bertz CT molecular complexity index is 579. The molecule has 0 atom stereocenters. The van der Waals surface area contributed by atoms with E-state index in [0.717, 1.165) is 37.1 Å². The second-order valence-corrected chi connectivity index (χ2v) is 8.18. The van der Waals surface area contributed by atoms with Crippen molar-refractivity contribution in [3.8, 4) is 0 Å². The maximum Gasteiger partial charge on any atom is 0.191 e. The first-order valence-corrected chi connectivity index (χ1v) is 9.80. The van der Waals surface area contributed by atoms with Gasteiger partial charge in [0.05, 0.1) is 5.69 Å². The standard InChI is InChI=1S/C20H37N5/c1-15(2)13-20(10-7-8-11-20)14-23-19(21-5)22-12-9-18-16(3)24-25(6)17(18)4/h15H,7-14H2,1-6H3,(H2,21,22,23). The first-order valence-electron chi connectivity index (χ1n) is 9.80. The van der Waals surface area contributed by atoms with E-state index in [2.05, 4.69) is 48.4 Å². The molecule has 0 aromatic carbocycles. The van der Waals surface area contributed by atoms with Gasteiger partial charge in [0, 0.05) is 32.9 Å². The Hall–Kier alpha value is -1.52. The van der Waals surface area contributed by atoms with Gasteiger partial charge < -0.3 is 10.6 Å². The van der Waals surface area contributed by atoms with Crippen molar-refractivity contribution in [2.24, 2.45) is 23.4 Å². The third-order valence-corrected chi connectivity index (χ3v) is 5.69. The van der Waals surface area contributed by atoms with E-state index in [9.17, 15) is 0 Å². The third-order valence-electron chi connectivity index (χ3n) is 5.69. The van der Waals surface area contributed by atoms with Gasteiger partial charge in [-0.3, -0.25) is 9.67 Å². The summed E-state index contributed by atoms with van der Waals surface area (Å²) in [7, 11) is 3.87. The normalized spacial score (nSPS) is 17.3. The molecule has 0 radical (unpaired) electrons. The maximum atomic E-state index is 4.50. The minimum absolute atomic E-state index is 0.461. The van der Waals surface area contributed by atoms with Crippen LogP contribution < -0.4 is 10.6 Å². The molecule has 1 aromatic heterocycles. The van der Waals surface area contributed by atoms with Crippen molar-refractivity contribution < 1.29 is 0 Å². The minimum Gasteiger partial charge on any atom is -0.356 e. The van der Waals surface area contributed by atoms with Crippen molar-refractivity contribution in [1.82, 2.24) is 20.4 Å². The van der Waals surface area contributed by atoms with Crippen molar-refractivity contribution in [1.29, 1.82) is 0 Å². The molecule has 1 aliphatic carbocycles. The second-order valence-electron chi connectivity index (χ2n) is 8.18. The van der Waals surface area contributed by atoms with Crippen LogP contribution in [0.2, 0.25) is 0 Å². The highest BCUT2D eigenvalue weighted by Gasteiger charge is 2.34. The zero-order valence-corrected chi connectivity index (χ0v) is 17.1. The van der Waals surface area contributed by atoms with Crippen LogP contribution in [-0.2, 0) is 13.5 Å². The Morgan fingerprint density at radius 2 is 1.92 bits per heavy atom. The average molecular weight is 348 g/mol. The Morgan fingerprint density at radius 3 is 2.44 bits per heavy atom. The van der Waals surface area contributed by atoms with Crippen molar-refractivity contribution in [2.45, 2.75) is 66.2 Å². The van der Waals surface area contributed by atoms with Crippen LogP contribution in [0.15, 0.2) is 4.99 Å². The number of hydrogen-bond donors (Lipinski definition) is 2. The number of nitrogens with one attached hydrogen (secondary N) is 2. The van der Waals surface area contributed by atoms with Crippen molar-refractivity contribution in [3.63, 3.8) is 0 Å². The summed E-state index contributed by atoms with van der Waals surface area (Å²) in [5.74, 6) is 1.68. The lowest BCUT2D eigenvalue weighted by atomic mass is 9.78. The molecule has 1 aromatic rings. The predicted octanol–water partition coefficient (Wildman–Crippen LogP) is 3.35. The number of nitrogens with zero attached hydrogens (tertiary/aromatic N) is 3. The Kier molecular flexibility index (Phi) is 6.91. The van der Waals surface area contributed by atoms with Gasteiger partial charge in [-0.15, -0.1) is 0 Å². The first-order chi connectivity index (χ1) is 11.9. The van der Waals surface area contributed by atoms with Gasteiger partial charge in [-0.1, -0.05) is 26.7 Å². The van der Waals surface area contributed by atoms with Gasteiger partial charge in [0.1, 0.15) is 0 Å². The smallest absolute Gasteiger partial charge is 0.191 e. The van der Waals surface area contributed by atoms with Crippen LogP contribution in [-0.4, -0.2) is 35.9 Å². The van der Waals surface area contributed by atoms with E-state index in [1.165, 1.54) is 43.4 Å². The number of guanidine groups is 1. The summed E-state index contributed by atoms with van der Waals surface area (Å²) >= 11 is 0. The molecule has 142 valence electrons. The molecule has 0 amide bonds. The molecule has 0 bridgehead atoms. The topological polar surface area (TPSA) is 54.2 Å². The molecule has 0 unspecified atom stereocenters. The largest absolute Gasteiger partial charge is 0.356 e. The highest BCUT2D eigenvalue weighted by atomic mass is 15.3. The van der Waals surface area contributed by atoms with E-state index in [4.69, 9.17) is 0 Å². The van der Waals surface area contributed by atoms with Gasteiger partial charge in [0.25, 0.3) is 0 Å². The Balaban J connectivity index is 1.84. The fraction of sp³-hybridized carbons (Fsp3) is 0.800. The SMILES string of the molecule is CN=C(NCCc1c(C)nn(C)c1C)NCC1(CC(C)C)CCCC1. The van der Waals surface area contributed by atoms with Gasteiger partial charge in [-0.2, -0.15) is 5.10 Å². The van der Waals surface area contributed by atoms with Gasteiger partial charge in [-0.25, -0.2) is 0 Å². The number of aromatic nitrogens is 2. The lowest BCUT2D eigenvalue weighted by Gasteiger charge is -2.32. The summed E-state index contributed by atoms with van der Waals surface area (Å²) in [6, 6.07) is 0. The zero-order valence-electron chi connectivity index (χ0n) is 17.1. The molecular formula is C20H37N5. The van der Waals surface area contributed by atoms with E-state index in [0.29, 0.717) is 5.41 Å². The molecule has 0 aliphatic heterocycles. The van der Waals surface area contributed by atoms with Gasteiger partial charge >= 0.3 is 0 Å². The molecule has 0 spiro atoms. The fourth-order valence-electron chi connectivity index (χ4n) is 4.42. The summed E-state index contributed by atoms with van der Waals surface area (Å²) < 4.78 is 1.97. The summed E-state index contributed by atoms with van der Waals surface area (Å²) in [4.78, 5) is 4.41. The van der Waals surface area contributed by atoms with Gasteiger partial charge in [0.15, 0.2) is 5.96 Å². The van der Waals surface area contributed by atoms with E-state index in [-0.39, 0.29) is 0 Å². The van der Waals surface area contributed by atoms with E-state index in [1.54, 1.807) is 0 Å². The molecule has 2 rings (SSSR count). The summed E-state index contributed by atoms with van der Waals surface area (Å²) in [5, 5.41) is 11.6. The molecule has 1 saturated carbocycles. The van der Waals surface area contributed by atoms with Crippen LogP contribution in [0.1, 0.15) is 62.9 Å². The third kappa shape index (κ3) is 5.23. The molecule has 1 fully saturated rings. The summed E-state index contributed by atoms with van der Waals surface area (Å²) in [6.45, 7) is 10.8.